The van der Waals surface area contributed by atoms with E-state index in [2.05, 4.69) is 0 Å². The fourth-order valence-electron chi connectivity index (χ4n) is 4.84. The van der Waals surface area contributed by atoms with Gasteiger partial charge in [0.25, 0.3) is 0 Å². The summed E-state index contributed by atoms with van der Waals surface area (Å²) in [6.07, 6.45) is 7.62. The molecule has 3 aliphatic rings. The van der Waals surface area contributed by atoms with E-state index in [1.165, 1.54) is 18.6 Å². The van der Waals surface area contributed by atoms with Gasteiger partial charge in [-0.25, -0.2) is 8.78 Å². The summed E-state index contributed by atoms with van der Waals surface area (Å²) < 4.78 is 32.6. The molecule has 142 valence electrons. The molecule has 2 heterocycles. The summed E-state index contributed by atoms with van der Waals surface area (Å²) in [5.41, 5.74) is 0.710. The standard InChI is InChI=1S/C21H27F2NO2/c22-18-11-16(12-19(23)13-18)10-15-2-7-24(8-3-15)20(25)17-4-9-26-21(14-17)5-1-6-21/h11-13,15,17H,1-10,14H2. The van der Waals surface area contributed by atoms with Crippen molar-refractivity contribution in [2.45, 2.75) is 57.0 Å². The van der Waals surface area contributed by atoms with Gasteiger partial charge in [0.1, 0.15) is 11.6 Å². The van der Waals surface area contributed by atoms with Crippen molar-refractivity contribution in [3.05, 3.63) is 35.4 Å². The average molecular weight is 363 g/mol. The van der Waals surface area contributed by atoms with E-state index in [0.29, 0.717) is 24.5 Å². The summed E-state index contributed by atoms with van der Waals surface area (Å²) in [6.45, 7) is 2.22. The third-order valence-corrected chi connectivity index (χ3v) is 6.48. The molecule has 1 aliphatic carbocycles. The summed E-state index contributed by atoms with van der Waals surface area (Å²) in [5, 5.41) is 0. The molecule has 26 heavy (non-hydrogen) atoms. The highest BCUT2D eigenvalue weighted by Gasteiger charge is 2.45. The minimum absolute atomic E-state index is 0.00163. The number of carbonyl (C=O) groups is 1. The second-order valence-electron chi connectivity index (χ2n) is 8.33. The highest BCUT2D eigenvalue weighted by molar-refractivity contribution is 5.79. The van der Waals surface area contributed by atoms with Gasteiger partial charge in [0.2, 0.25) is 5.91 Å². The fraction of sp³-hybridized carbons (Fsp3) is 0.667. The Kier molecular flexibility index (Phi) is 5.00. The number of halogens is 2. The van der Waals surface area contributed by atoms with Gasteiger partial charge in [0, 0.05) is 31.7 Å². The lowest BCUT2D eigenvalue weighted by Crippen LogP contribution is -2.50. The molecule has 0 N–H and O–H groups in total. The molecule has 3 nitrogen and oxygen atoms in total. The zero-order valence-corrected chi connectivity index (χ0v) is 15.2. The van der Waals surface area contributed by atoms with Gasteiger partial charge in [-0.1, -0.05) is 0 Å². The van der Waals surface area contributed by atoms with E-state index < -0.39 is 11.6 Å². The molecule has 0 radical (unpaired) electrons. The molecule has 0 bridgehead atoms. The first kappa shape index (κ1) is 17.9. The van der Waals surface area contributed by atoms with Crippen LogP contribution in [0.5, 0.6) is 0 Å². The SMILES string of the molecule is O=C(C1CCOC2(CCC2)C1)N1CCC(Cc2cc(F)cc(F)c2)CC1. The summed E-state index contributed by atoms with van der Waals surface area (Å²) in [5.74, 6) is -0.255. The highest BCUT2D eigenvalue weighted by atomic mass is 19.1. The maximum atomic E-state index is 13.3. The lowest BCUT2D eigenvalue weighted by molar-refractivity contribution is -0.164. The molecule has 5 heteroatoms. The van der Waals surface area contributed by atoms with Crippen LogP contribution in [0.4, 0.5) is 8.78 Å². The molecule has 1 amide bonds. The van der Waals surface area contributed by atoms with Gasteiger partial charge in [-0.2, -0.15) is 0 Å². The molecule has 1 aromatic rings. The number of hydrogen-bond donors (Lipinski definition) is 0. The molecule has 2 aliphatic heterocycles. The van der Waals surface area contributed by atoms with Crippen LogP contribution < -0.4 is 0 Å². The first-order valence-electron chi connectivity index (χ1n) is 9.91. The van der Waals surface area contributed by atoms with E-state index in [1.807, 2.05) is 4.90 Å². The van der Waals surface area contributed by atoms with Gasteiger partial charge in [0.05, 0.1) is 5.60 Å². The van der Waals surface area contributed by atoms with Crippen molar-refractivity contribution in [2.24, 2.45) is 11.8 Å². The van der Waals surface area contributed by atoms with E-state index in [1.54, 1.807) is 0 Å². The topological polar surface area (TPSA) is 29.5 Å². The number of benzene rings is 1. The summed E-state index contributed by atoms with van der Waals surface area (Å²) in [4.78, 5) is 14.9. The second kappa shape index (κ2) is 7.26. The molecule has 3 fully saturated rings. The van der Waals surface area contributed by atoms with Crippen LogP contribution in [0.2, 0.25) is 0 Å². The second-order valence-corrected chi connectivity index (χ2v) is 8.33. The zero-order chi connectivity index (χ0) is 18.1. The van der Waals surface area contributed by atoms with Crippen LogP contribution in [0.1, 0.15) is 50.5 Å². The lowest BCUT2D eigenvalue weighted by Gasteiger charge is -2.47. The number of ether oxygens (including phenoxy) is 1. The van der Waals surface area contributed by atoms with Gasteiger partial charge in [0.15, 0.2) is 0 Å². The van der Waals surface area contributed by atoms with Crippen molar-refractivity contribution in [3.8, 4) is 0 Å². The van der Waals surface area contributed by atoms with Gasteiger partial charge < -0.3 is 9.64 Å². The third-order valence-electron chi connectivity index (χ3n) is 6.48. The van der Waals surface area contributed by atoms with E-state index in [9.17, 15) is 13.6 Å². The number of rotatable bonds is 3. The maximum Gasteiger partial charge on any atom is 0.225 e. The fourth-order valence-corrected chi connectivity index (χ4v) is 4.84. The Morgan fingerprint density at radius 3 is 2.42 bits per heavy atom. The first-order chi connectivity index (χ1) is 12.5. The van der Waals surface area contributed by atoms with Crippen LogP contribution in [0, 0.1) is 23.5 Å². The molecule has 4 rings (SSSR count). The molecule has 2 saturated heterocycles. The number of likely N-dealkylation sites (tertiary alicyclic amines) is 1. The molecular formula is C21H27F2NO2. The van der Waals surface area contributed by atoms with Crippen molar-refractivity contribution in [1.29, 1.82) is 0 Å². The van der Waals surface area contributed by atoms with Gasteiger partial charge in [-0.3, -0.25) is 4.79 Å². The molecule has 1 saturated carbocycles. The Labute approximate surface area is 153 Å². The van der Waals surface area contributed by atoms with Crippen LogP contribution in [-0.2, 0) is 16.0 Å². The van der Waals surface area contributed by atoms with Crippen molar-refractivity contribution < 1.29 is 18.3 Å². The maximum absolute atomic E-state index is 13.3. The van der Waals surface area contributed by atoms with Crippen LogP contribution in [0.15, 0.2) is 18.2 Å². The minimum atomic E-state index is -0.517. The Hall–Kier alpha value is -1.49. The molecular weight excluding hydrogens is 336 g/mol. The normalized spacial score (nSPS) is 25.9. The Morgan fingerprint density at radius 1 is 1.12 bits per heavy atom. The number of piperidine rings is 1. The smallest absolute Gasteiger partial charge is 0.225 e. The predicted molar refractivity (Wildman–Crippen MR) is 94.6 cm³/mol. The molecule has 1 spiro atoms. The van der Waals surface area contributed by atoms with Crippen molar-refractivity contribution in [2.75, 3.05) is 19.7 Å². The Morgan fingerprint density at radius 2 is 1.81 bits per heavy atom. The van der Waals surface area contributed by atoms with E-state index in [-0.39, 0.29) is 17.4 Å². The van der Waals surface area contributed by atoms with Gasteiger partial charge >= 0.3 is 0 Å². The van der Waals surface area contributed by atoms with E-state index >= 15 is 0 Å². The first-order valence-corrected chi connectivity index (χ1v) is 9.91. The van der Waals surface area contributed by atoms with Crippen molar-refractivity contribution in [3.63, 3.8) is 0 Å². The number of hydrogen-bond acceptors (Lipinski definition) is 2. The Balaban J connectivity index is 1.29. The molecule has 1 aromatic carbocycles. The molecule has 1 atom stereocenters. The van der Waals surface area contributed by atoms with Crippen LogP contribution in [0.3, 0.4) is 0 Å². The number of carbonyl (C=O) groups excluding carboxylic acids is 1. The molecule has 0 aromatic heterocycles. The monoisotopic (exact) mass is 363 g/mol. The van der Waals surface area contributed by atoms with E-state index in [4.69, 9.17) is 4.74 Å². The highest BCUT2D eigenvalue weighted by Crippen LogP contribution is 2.44. The third kappa shape index (κ3) is 3.78. The predicted octanol–water partition coefficient (Wildman–Crippen LogP) is 4.10. The number of amides is 1. The number of nitrogens with zero attached hydrogens (tertiary/aromatic N) is 1. The lowest BCUT2D eigenvalue weighted by atomic mass is 9.71. The largest absolute Gasteiger partial charge is 0.375 e. The van der Waals surface area contributed by atoms with Gasteiger partial charge in [-0.05, 0) is 75.0 Å². The Bertz CT molecular complexity index is 646. The molecule has 1 unspecified atom stereocenters. The van der Waals surface area contributed by atoms with Gasteiger partial charge in [-0.15, -0.1) is 0 Å². The van der Waals surface area contributed by atoms with E-state index in [0.717, 1.165) is 57.7 Å². The van der Waals surface area contributed by atoms with Crippen LogP contribution in [-0.4, -0.2) is 36.1 Å². The minimum Gasteiger partial charge on any atom is -0.375 e. The van der Waals surface area contributed by atoms with Crippen molar-refractivity contribution >= 4 is 5.91 Å². The average Bonchev–Trinajstić information content (AvgIpc) is 2.60. The quantitative estimate of drug-likeness (QED) is 0.809. The van der Waals surface area contributed by atoms with Crippen LogP contribution >= 0.6 is 0 Å². The van der Waals surface area contributed by atoms with Crippen molar-refractivity contribution in [1.82, 2.24) is 4.90 Å². The zero-order valence-electron chi connectivity index (χ0n) is 15.2. The summed E-state index contributed by atoms with van der Waals surface area (Å²) >= 11 is 0. The summed E-state index contributed by atoms with van der Waals surface area (Å²) in [6, 6.07) is 3.74. The summed E-state index contributed by atoms with van der Waals surface area (Å²) in [7, 11) is 0. The van der Waals surface area contributed by atoms with Crippen LogP contribution in [0.25, 0.3) is 0 Å².